The molecule has 2 aromatic heterocycles. The summed E-state index contributed by atoms with van der Waals surface area (Å²) in [6, 6.07) is 11.8. The summed E-state index contributed by atoms with van der Waals surface area (Å²) in [6.07, 6.45) is 15.5. The Balaban J connectivity index is 0.000000240. The normalized spacial score (nSPS) is 18.0. The van der Waals surface area contributed by atoms with Gasteiger partial charge in [0.25, 0.3) is 0 Å². The number of carbonyl (C=O) groups excluding carboxylic acids is 2. The van der Waals surface area contributed by atoms with Gasteiger partial charge in [-0.1, -0.05) is 29.6 Å². The zero-order valence-electron chi connectivity index (χ0n) is 38.0. The molecule has 0 amide bonds. The number of allylic oxidation sites excluding steroid dienone is 7. The predicted octanol–water partition coefficient (Wildman–Crippen LogP) is 5.95. The quantitative estimate of drug-likeness (QED) is 0.0717. The largest absolute Gasteiger partial charge is 0.506 e. The molecule has 2 N–H and O–H groups in total. The molecule has 0 fully saturated rings. The molecule has 1 unspecified atom stereocenters. The number of benzene rings is 2. The Kier molecular flexibility index (Phi) is 18.7. The van der Waals surface area contributed by atoms with Crippen LogP contribution in [-0.4, -0.2) is 95.3 Å². The van der Waals surface area contributed by atoms with Crippen molar-refractivity contribution in [2.24, 2.45) is 20.4 Å². The molecule has 2 aliphatic carbocycles. The van der Waals surface area contributed by atoms with E-state index in [1.165, 1.54) is 30.6 Å². The smallest absolute Gasteiger partial charge is 0.319 e. The predicted molar refractivity (Wildman–Crippen MR) is 258 cm³/mol. The summed E-state index contributed by atoms with van der Waals surface area (Å²) in [4.78, 5) is 51.6. The monoisotopic (exact) mass is 1040 g/mol. The number of ether oxygens (including phenoxy) is 1. The maximum absolute atomic E-state index is 12.1. The van der Waals surface area contributed by atoms with Gasteiger partial charge in [-0.25, -0.2) is 8.42 Å². The number of nitrogens with zero attached hydrogens (tertiary/aromatic N) is 10. The number of rotatable bonds is 12. The number of methoxy groups -OCH3 is 1. The third kappa shape index (κ3) is 13.5. The van der Waals surface area contributed by atoms with E-state index in [2.05, 4.69) is 97.9 Å². The first kappa shape index (κ1) is 54.4. The Labute approximate surface area is 413 Å². The molecule has 1 radical (unpaired) electrons. The topological polar surface area (TPSA) is 288 Å². The molecule has 2 aromatic carbocycles. The van der Waals surface area contributed by atoms with Gasteiger partial charge in [0, 0.05) is 105 Å². The van der Waals surface area contributed by atoms with Gasteiger partial charge in [-0.15, -0.1) is 0 Å². The van der Waals surface area contributed by atoms with E-state index >= 15 is 0 Å². The van der Waals surface area contributed by atoms with Gasteiger partial charge in [0.1, 0.15) is 35.7 Å². The van der Waals surface area contributed by atoms with Crippen LogP contribution in [0.15, 0.2) is 128 Å². The van der Waals surface area contributed by atoms with Crippen LogP contribution >= 0.6 is 22.7 Å². The Hall–Kier alpha value is -7.19. The number of fused-ring (bicyclic) bond motifs is 1. The first-order valence-electron chi connectivity index (χ1n) is 20.3. The molecular formula is C44H45CoN10O11S3-. The van der Waals surface area contributed by atoms with E-state index in [0.717, 1.165) is 101 Å². The van der Waals surface area contributed by atoms with Crippen molar-refractivity contribution in [1.29, 1.82) is 0 Å². The van der Waals surface area contributed by atoms with E-state index in [0.29, 0.717) is 4.90 Å². The summed E-state index contributed by atoms with van der Waals surface area (Å²) in [5, 5.41) is 53.9. The molecule has 0 bridgehead atoms. The van der Waals surface area contributed by atoms with Crippen molar-refractivity contribution in [2.45, 2.75) is 44.4 Å². The zero-order chi connectivity index (χ0) is 49.9. The van der Waals surface area contributed by atoms with Crippen LogP contribution in [-0.2, 0) is 41.6 Å². The first-order chi connectivity index (χ1) is 32.2. The van der Waals surface area contributed by atoms with Crippen molar-refractivity contribution in [1.82, 2.24) is 9.97 Å². The third-order valence-electron chi connectivity index (χ3n) is 10.5. The standard InChI is InChI=1S/C26H35N2O3S.2C9H6N4O4S.Co/c1-8-26(4)22-18-21(32(7,29)30)14-15-23(22)27(5)25(26)16-12-19-11-13-20(17-24(19)31-6)28(9-2)10-3;2*14-5-1-2-6(7(15)3-5)11-12-9-10-4-8(18-9)13(16)17;/h11-18H,8-10H2,1-7H3;2*1-4H,(H2,10,12,14,15);/q+1;;;/p-2. The minimum Gasteiger partial charge on any atom is -0.506 e. The summed E-state index contributed by atoms with van der Waals surface area (Å²) in [7, 11) is 0.479. The van der Waals surface area contributed by atoms with Crippen molar-refractivity contribution in [3.63, 3.8) is 0 Å². The van der Waals surface area contributed by atoms with Crippen molar-refractivity contribution in [3.05, 3.63) is 144 Å². The van der Waals surface area contributed by atoms with Crippen LogP contribution in [0.5, 0.6) is 5.75 Å². The number of sulfone groups is 1. The molecule has 1 aliphatic heterocycles. The number of anilines is 1. The number of aromatic nitrogens is 2. The fourth-order valence-corrected chi connectivity index (χ4v) is 8.48. The molecule has 0 spiro atoms. The van der Waals surface area contributed by atoms with Crippen LogP contribution in [0.4, 0.5) is 21.4 Å². The Morgan fingerprint density at radius 3 is 1.77 bits per heavy atom. The van der Waals surface area contributed by atoms with Gasteiger partial charge in [0.2, 0.25) is 5.69 Å². The minimum absolute atomic E-state index is 0. The van der Waals surface area contributed by atoms with Crippen molar-refractivity contribution >= 4 is 88.7 Å². The van der Waals surface area contributed by atoms with Crippen molar-refractivity contribution in [3.8, 4) is 5.75 Å². The number of ketones is 2. The second kappa shape index (κ2) is 23.7. The van der Waals surface area contributed by atoms with Crippen molar-refractivity contribution in [2.75, 3.05) is 38.4 Å². The Morgan fingerprint density at radius 1 is 0.826 bits per heavy atom. The molecule has 3 aliphatic rings. The molecular weight excluding hydrogens is 1000 g/mol. The van der Waals surface area contributed by atoms with E-state index in [9.17, 15) is 48.4 Å². The van der Waals surface area contributed by atoms with Gasteiger partial charge >= 0.3 is 10.0 Å². The Morgan fingerprint density at radius 2 is 1.35 bits per heavy atom. The van der Waals surface area contributed by atoms with E-state index in [1.54, 1.807) is 13.2 Å². The van der Waals surface area contributed by atoms with Crippen molar-refractivity contribution < 1.29 is 64.2 Å². The second-order valence-corrected chi connectivity index (χ2v) is 18.7. The van der Waals surface area contributed by atoms with Gasteiger partial charge in [-0.2, -0.15) is 4.58 Å². The van der Waals surface area contributed by atoms with E-state index in [4.69, 9.17) is 4.74 Å². The molecule has 0 saturated heterocycles. The number of hydrogen-bond donors (Lipinski definition) is 2. The molecule has 4 aromatic rings. The third-order valence-corrected chi connectivity index (χ3v) is 13.2. The van der Waals surface area contributed by atoms with Crippen LogP contribution < -0.4 is 29.2 Å². The van der Waals surface area contributed by atoms with Crippen LogP contribution in [0.2, 0.25) is 0 Å². The van der Waals surface area contributed by atoms with Crippen LogP contribution in [0.25, 0.3) is 6.08 Å². The van der Waals surface area contributed by atoms with Crippen LogP contribution in [0, 0.1) is 20.2 Å². The van der Waals surface area contributed by atoms with Crippen LogP contribution in [0.1, 0.15) is 45.2 Å². The fourth-order valence-electron chi connectivity index (χ4n) is 6.72. The molecule has 0 saturated carbocycles. The summed E-state index contributed by atoms with van der Waals surface area (Å²) in [5.74, 6) is -0.482. The molecule has 25 heteroatoms. The van der Waals surface area contributed by atoms with E-state index in [-0.39, 0.29) is 76.3 Å². The number of hydrogen-bond acceptors (Lipinski definition) is 18. The number of nitro groups is 2. The Bertz CT molecular complexity index is 3050. The first-order valence-corrected chi connectivity index (χ1v) is 23.9. The summed E-state index contributed by atoms with van der Waals surface area (Å²) in [6.45, 7) is 10.5. The van der Waals surface area contributed by atoms with E-state index < -0.39 is 19.7 Å². The number of thiazole rings is 2. The molecule has 1 atom stereocenters. The van der Waals surface area contributed by atoms with Gasteiger partial charge in [-0.3, -0.25) is 40.0 Å². The average Bonchev–Trinajstić information content (AvgIpc) is 4.04. The fraction of sp³-hybridized carbons (Fsp3) is 0.250. The minimum atomic E-state index is -3.26. The summed E-state index contributed by atoms with van der Waals surface area (Å²) >= 11 is 1.51. The number of carbonyl (C=O) groups is 2. The van der Waals surface area contributed by atoms with Gasteiger partial charge in [0.15, 0.2) is 27.1 Å². The molecule has 365 valence electrons. The summed E-state index contributed by atoms with van der Waals surface area (Å²) < 4.78 is 32.1. The van der Waals surface area contributed by atoms with Crippen LogP contribution in [0.3, 0.4) is 0 Å². The molecule has 7 rings (SSSR count). The number of aliphatic hydroxyl groups is 2. The molecule has 3 heterocycles. The molecule has 69 heavy (non-hydrogen) atoms. The average molecular weight is 1050 g/mol. The number of aliphatic hydroxyl groups excluding tert-OH is 2. The second-order valence-electron chi connectivity index (χ2n) is 14.7. The van der Waals surface area contributed by atoms with Gasteiger partial charge in [0.05, 0.1) is 27.3 Å². The van der Waals surface area contributed by atoms with E-state index in [1.807, 2.05) is 19.2 Å². The zero-order valence-corrected chi connectivity index (χ0v) is 41.4. The maximum Gasteiger partial charge on any atom is 0.319 e. The summed E-state index contributed by atoms with van der Waals surface area (Å²) in [5.41, 5.74) is 5.29. The van der Waals surface area contributed by atoms with Gasteiger partial charge in [-0.05, 0) is 81.8 Å². The SMILES string of the molecule is CCN(CC)c1ccc(/C=C/C2=[N+](C)c3ccc(S(C)(=O)=O)cc3C2(C)CC)c(OC)c1.O=C1C=CC(=NN=c2[n-]cc([N+](=O)[O-])s2)C(O)=C1.O=C1C=CC(=NN=c2[n-]cc([N+](=O)[O-])s2)C(O)=C1.[Co]. The maximum atomic E-state index is 12.1. The molecule has 21 nitrogen and oxygen atoms in total. The van der Waals surface area contributed by atoms with Gasteiger partial charge < -0.3 is 40.0 Å².